The zero-order chi connectivity index (χ0) is 22.1. The molecule has 0 radical (unpaired) electrons. The van der Waals surface area contributed by atoms with Gasteiger partial charge < -0.3 is 14.6 Å². The number of hydrogen-bond acceptors (Lipinski definition) is 7. The predicted molar refractivity (Wildman–Crippen MR) is 111 cm³/mol. The number of aliphatic carboxylic acids is 1. The smallest absolute Gasteiger partial charge is 0.341 e. The number of nitro benzene ring substituents is 1. The van der Waals surface area contributed by atoms with Gasteiger partial charge in [0, 0.05) is 21.7 Å². The number of nitrogens with one attached hydrogen (secondary N) is 1. The molecule has 0 atom stereocenters. The summed E-state index contributed by atoms with van der Waals surface area (Å²) in [6.07, 6.45) is 1.15. The molecule has 0 unspecified atom stereocenters. The van der Waals surface area contributed by atoms with E-state index in [2.05, 4.69) is 26.5 Å². The molecule has 0 aliphatic heterocycles. The van der Waals surface area contributed by atoms with Crippen molar-refractivity contribution >= 4 is 39.7 Å². The van der Waals surface area contributed by atoms with Crippen LogP contribution in [0.15, 0.2) is 46.0 Å². The second-order valence-electron chi connectivity index (χ2n) is 5.79. The summed E-state index contributed by atoms with van der Waals surface area (Å²) in [7, 11) is 0. The number of carboxylic acids is 1. The summed E-state index contributed by atoms with van der Waals surface area (Å²) < 4.78 is 11.2. The standard InChI is InChI=1S/C19H18BrN3O7/c1-2-29-16-7-13(14(20)9-17(16)30-11-19(25)26)10-21-22-18(24)8-12-5-3-4-6-15(12)23(27)28/h3-7,9-10H,2,8,11H2,1H3,(H,22,24)(H,25,26). The maximum Gasteiger partial charge on any atom is 0.341 e. The number of nitrogens with zero attached hydrogens (tertiary/aromatic N) is 2. The van der Waals surface area contributed by atoms with E-state index < -0.39 is 23.4 Å². The minimum Gasteiger partial charge on any atom is -0.490 e. The fourth-order valence-electron chi connectivity index (χ4n) is 2.40. The third kappa shape index (κ3) is 6.55. The van der Waals surface area contributed by atoms with Crippen molar-refractivity contribution in [1.29, 1.82) is 0 Å². The van der Waals surface area contributed by atoms with E-state index >= 15 is 0 Å². The summed E-state index contributed by atoms with van der Waals surface area (Å²) in [4.78, 5) is 33.3. The van der Waals surface area contributed by atoms with Crippen molar-refractivity contribution in [1.82, 2.24) is 5.43 Å². The van der Waals surface area contributed by atoms with Crippen LogP contribution in [0.4, 0.5) is 5.69 Å². The van der Waals surface area contributed by atoms with Crippen molar-refractivity contribution in [2.75, 3.05) is 13.2 Å². The van der Waals surface area contributed by atoms with Crippen LogP contribution >= 0.6 is 15.9 Å². The SMILES string of the molecule is CCOc1cc(C=NNC(=O)Cc2ccccc2[N+](=O)[O-])c(Br)cc1OCC(=O)O. The van der Waals surface area contributed by atoms with E-state index in [4.69, 9.17) is 14.6 Å². The van der Waals surface area contributed by atoms with Crippen LogP contribution in [0, 0.1) is 10.1 Å². The number of benzene rings is 2. The second kappa shape index (κ2) is 10.9. The Morgan fingerprint density at radius 2 is 1.97 bits per heavy atom. The highest BCUT2D eigenvalue weighted by Gasteiger charge is 2.15. The normalized spacial score (nSPS) is 10.6. The zero-order valence-corrected chi connectivity index (χ0v) is 17.4. The molecule has 0 saturated heterocycles. The monoisotopic (exact) mass is 479 g/mol. The van der Waals surface area contributed by atoms with Gasteiger partial charge in [0.2, 0.25) is 5.91 Å². The zero-order valence-electron chi connectivity index (χ0n) is 15.8. The van der Waals surface area contributed by atoms with Gasteiger partial charge in [-0.25, -0.2) is 10.2 Å². The molecule has 0 heterocycles. The molecule has 0 fully saturated rings. The van der Waals surface area contributed by atoms with Crippen molar-refractivity contribution in [3.05, 3.63) is 62.1 Å². The van der Waals surface area contributed by atoms with Gasteiger partial charge in [0.25, 0.3) is 5.69 Å². The van der Waals surface area contributed by atoms with Gasteiger partial charge in [0.15, 0.2) is 18.1 Å². The summed E-state index contributed by atoms with van der Waals surface area (Å²) >= 11 is 3.32. The summed E-state index contributed by atoms with van der Waals surface area (Å²) in [5, 5.41) is 23.6. The van der Waals surface area contributed by atoms with Crippen LogP contribution < -0.4 is 14.9 Å². The molecule has 0 spiro atoms. The highest BCUT2D eigenvalue weighted by atomic mass is 79.9. The molecule has 2 rings (SSSR count). The molecule has 158 valence electrons. The Morgan fingerprint density at radius 1 is 1.27 bits per heavy atom. The number of carbonyl (C=O) groups is 2. The third-order valence-corrected chi connectivity index (χ3v) is 4.33. The van der Waals surface area contributed by atoms with Gasteiger partial charge in [-0.1, -0.05) is 18.2 Å². The fourth-order valence-corrected chi connectivity index (χ4v) is 2.82. The Balaban J connectivity index is 2.10. The van der Waals surface area contributed by atoms with Gasteiger partial charge in [-0.15, -0.1) is 0 Å². The van der Waals surface area contributed by atoms with Crippen LogP contribution in [-0.4, -0.2) is 41.3 Å². The molecule has 30 heavy (non-hydrogen) atoms. The number of rotatable bonds is 10. The molecular weight excluding hydrogens is 462 g/mol. The van der Waals surface area contributed by atoms with Gasteiger partial charge in [-0.3, -0.25) is 14.9 Å². The van der Waals surface area contributed by atoms with E-state index in [9.17, 15) is 19.7 Å². The largest absolute Gasteiger partial charge is 0.490 e. The number of hydrogen-bond donors (Lipinski definition) is 2. The first-order valence-corrected chi connectivity index (χ1v) is 9.46. The number of halogens is 1. The summed E-state index contributed by atoms with van der Waals surface area (Å²) in [6, 6.07) is 9.07. The minimum atomic E-state index is -1.12. The van der Waals surface area contributed by atoms with Crippen LogP contribution in [0.3, 0.4) is 0 Å². The lowest BCUT2D eigenvalue weighted by molar-refractivity contribution is -0.385. The first-order chi connectivity index (χ1) is 14.3. The number of ether oxygens (including phenoxy) is 2. The maximum atomic E-state index is 12.1. The number of nitro groups is 1. The quantitative estimate of drug-likeness (QED) is 0.303. The van der Waals surface area contributed by atoms with Gasteiger partial charge >= 0.3 is 5.97 Å². The van der Waals surface area contributed by atoms with Crippen molar-refractivity contribution in [3.8, 4) is 11.5 Å². The summed E-state index contributed by atoms with van der Waals surface area (Å²) in [6.45, 7) is 1.57. The van der Waals surface area contributed by atoms with Crippen molar-refractivity contribution in [2.24, 2.45) is 5.10 Å². The highest BCUT2D eigenvalue weighted by molar-refractivity contribution is 9.10. The van der Waals surface area contributed by atoms with E-state index in [1.165, 1.54) is 30.5 Å². The molecule has 2 N–H and O–H groups in total. The molecule has 11 heteroatoms. The van der Waals surface area contributed by atoms with Crippen LogP contribution in [0.5, 0.6) is 11.5 Å². The first-order valence-electron chi connectivity index (χ1n) is 8.67. The van der Waals surface area contributed by atoms with Crippen LogP contribution in [0.25, 0.3) is 0 Å². The van der Waals surface area contributed by atoms with Crippen LogP contribution in [0.1, 0.15) is 18.1 Å². The summed E-state index contributed by atoms with van der Waals surface area (Å²) in [5.74, 6) is -1.10. The van der Waals surface area contributed by atoms with Gasteiger partial charge in [-0.05, 0) is 35.0 Å². The summed E-state index contributed by atoms with van der Waals surface area (Å²) in [5.41, 5.74) is 2.98. The molecular formula is C19H18BrN3O7. The third-order valence-electron chi connectivity index (χ3n) is 3.65. The van der Waals surface area contributed by atoms with Gasteiger partial charge in [0.1, 0.15) is 0 Å². The van der Waals surface area contributed by atoms with E-state index in [1.807, 2.05) is 0 Å². The van der Waals surface area contributed by atoms with E-state index in [0.717, 1.165) is 0 Å². The number of carbonyl (C=O) groups excluding carboxylic acids is 1. The Labute approximate surface area is 179 Å². The molecule has 0 aliphatic carbocycles. The number of carboxylic acid groups (broad SMARTS) is 1. The fraction of sp³-hybridized carbons (Fsp3) is 0.211. The van der Waals surface area contributed by atoms with Crippen molar-refractivity contribution < 1.29 is 29.1 Å². The molecule has 1 amide bonds. The second-order valence-corrected chi connectivity index (χ2v) is 6.65. The number of hydrazone groups is 1. The molecule has 10 nitrogen and oxygen atoms in total. The molecule has 2 aromatic carbocycles. The Morgan fingerprint density at radius 3 is 2.63 bits per heavy atom. The van der Waals surface area contributed by atoms with E-state index in [1.54, 1.807) is 19.1 Å². The lowest BCUT2D eigenvalue weighted by Gasteiger charge is -2.12. The van der Waals surface area contributed by atoms with Crippen molar-refractivity contribution in [3.63, 3.8) is 0 Å². The topological polar surface area (TPSA) is 140 Å². The first kappa shape index (κ1) is 22.8. The Kier molecular flexibility index (Phi) is 8.29. The lowest BCUT2D eigenvalue weighted by Crippen LogP contribution is -2.20. The maximum absolute atomic E-state index is 12.1. The number of para-hydroxylation sites is 1. The molecule has 0 bridgehead atoms. The lowest BCUT2D eigenvalue weighted by atomic mass is 10.1. The van der Waals surface area contributed by atoms with Gasteiger partial charge in [-0.2, -0.15) is 5.10 Å². The average molecular weight is 480 g/mol. The van der Waals surface area contributed by atoms with Crippen LogP contribution in [-0.2, 0) is 16.0 Å². The predicted octanol–water partition coefficient (Wildman–Crippen LogP) is 2.91. The Bertz CT molecular complexity index is 979. The van der Waals surface area contributed by atoms with Gasteiger partial charge in [0.05, 0.1) is 24.2 Å². The molecule has 0 aliphatic rings. The molecule has 0 saturated carbocycles. The number of amides is 1. The van der Waals surface area contributed by atoms with Crippen molar-refractivity contribution in [2.45, 2.75) is 13.3 Å². The Hall–Kier alpha value is -3.47. The molecule has 2 aromatic rings. The minimum absolute atomic E-state index is 0.141. The van der Waals surface area contributed by atoms with E-state index in [0.29, 0.717) is 22.4 Å². The highest BCUT2D eigenvalue weighted by Crippen LogP contribution is 2.33. The molecule has 0 aromatic heterocycles. The van der Waals surface area contributed by atoms with Crippen LogP contribution in [0.2, 0.25) is 0 Å². The average Bonchev–Trinajstić information content (AvgIpc) is 2.69. The van der Waals surface area contributed by atoms with E-state index in [-0.39, 0.29) is 23.4 Å².